The molecule has 4 nitrogen and oxygen atoms in total. The number of fused-ring (bicyclic) bond motifs is 4. The normalized spacial score (nSPS) is 49.8. The van der Waals surface area contributed by atoms with E-state index in [9.17, 15) is 9.90 Å². The van der Waals surface area contributed by atoms with E-state index in [0.717, 1.165) is 12.3 Å². The molecule has 8 atom stereocenters. The third kappa shape index (κ3) is 2.23. The molecule has 4 bridgehead atoms. The lowest BCUT2D eigenvalue weighted by Crippen LogP contribution is -2.36. The molecule has 4 rings (SSSR count). The fraction of sp³-hybridized carbons (Fsp3) is 0.833. The highest BCUT2D eigenvalue weighted by molar-refractivity contribution is 5.74. The molecule has 3 fully saturated rings. The van der Waals surface area contributed by atoms with Crippen LogP contribution in [0.3, 0.4) is 0 Å². The maximum Gasteiger partial charge on any atom is 0.311 e. The number of ether oxygens (including phenoxy) is 2. The third-order valence-electron chi connectivity index (χ3n) is 6.55. The highest BCUT2D eigenvalue weighted by atomic mass is 16.7. The summed E-state index contributed by atoms with van der Waals surface area (Å²) in [4.78, 5) is 12.4. The van der Waals surface area contributed by atoms with Gasteiger partial charge in [-0.25, -0.2) is 0 Å². The monoisotopic (exact) mass is 306 g/mol. The molecule has 4 aliphatic carbocycles. The zero-order valence-electron chi connectivity index (χ0n) is 13.4. The third-order valence-corrected chi connectivity index (χ3v) is 6.55. The summed E-state index contributed by atoms with van der Waals surface area (Å²) < 4.78 is 11.6. The average Bonchev–Trinajstić information content (AvgIpc) is 3.18. The number of carbonyl (C=O) groups is 1. The minimum atomic E-state index is -0.492. The molecule has 8 unspecified atom stereocenters. The lowest BCUT2D eigenvalue weighted by Gasteiger charge is -2.33. The van der Waals surface area contributed by atoms with E-state index < -0.39 is 12.4 Å². The summed E-state index contributed by atoms with van der Waals surface area (Å²) in [5.41, 5.74) is 0.274. The van der Waals surface area contributed by atoms with Gasteiger partial charge < -0.3 is 14.6 Å². The van der Waals surface area contributed by atoms with Gasteiger partial charge in [0.25, 0.3) is 0 Å². The van der Waals surface area contributed by atoms with E-state index in [4.69, 9.17) is 9.47 Å². The highest BCUT2D eigenvalue weighted by Gasteiger charge is 2.51. The summed E-state index contributed by atoms with van der Waals surface area (Å²) in [6.45, 7) is 4.13. The Morgan fingerprint density at radius 3 is 2.73 bits per heavy atom. The van der Waals surface area contributed by atoms with E-state index in [1.807, 2.05) is 19.1 Å². The van der Waals surface area contributed by atoms with Crippen molar-refractivity contribution in [1.82, 2.24) is 0 Å². The Balaban J connectivity index is 1.32. The number of hydrogen-bond acceptors (Lipinski definition) is 4. The first-order valence-corrected chi connectivity index (χ1v) is 8.68. The molecule has 0 heterocycles. The van der Waals surface area contributed by atoms with E-state index in [1.165, 1.54) is 19.3 Å². The maximum absolute atomic E-state index is 12.4. The Labute approximate surface area is 131 Å². The zero-order valence-corrected chi connectivity index (χ0v) is 13.4. The Kier molecular flexibility index (Phi) is 3.39. The number of aliphatic hydroxyl groups excluding tert-OH is 1. The van der Waals surface area contributed by atoms with Gasteiger partial charge in [-0.05, 0) is 50.4 Å². The number of hydrogen-bond donors (Lipinski definition) is 1. The van der Waals surface area contributed by atoms with Crippen LogP contribution in [0.25, 0.3) is 0 Å². The van der Waals surface area contributed by atoms with E-state index in [2.05, 4.69) is 6.92 Å². The average molecular weight is 306 g/mol. The molecule has 0 aromatic heterocycles. The molecule has 4 aliphatic rings. The first-order chi connectivity index (χ1) is 10.5. The van der Waals surface area contributed by atoms with Gasteiger partial charge in [0.1, 0.15) is 0 Å². The van der Waals surface area contributed by atoms with E-state index in [-0.39, 0.29) is 35.2 Å². The predicted molar refractivity (Wildman–Crippen MR) is 80.7 cm³/mol. The molecule has 0 spiro atoms. The van der Waals surface area contributed by atoms with Crippen molar-refractivity contribution in [3.63, 3.8) is 0 Å². The van der Waals surface area contributed by atoms with Crippen molar-refractivity contribution in [3.05, 3.63) is 12.2 Å². The molecule has 0 amide bonds. The zero-order chi connectivity index (χ0) is 15.5. The molecule has 3 saturated carbocycles. The summed E-state index contributed by atoms with van der Waals surface area (Å²) in [6, 6.07) is 0. The molecule has 0 aromatic rings. The van der Waals surface area contributed by atoms with Crippen molar-refractivity contribution < 1.29 is 19.4 Å². The molecular weight excluding hydrogens is 280 g/mol. The van der Waals surface area contributed by atoms with Gasteiger partial charge in [0, 0.05) is 11.8 Å². The summed E-state index contributed by atoms with van der Waals surface area (Å²) in [6.07, 6.45) is 8.92. The van der Waals surface area contributed by atoms with Gasteiger partial charge in [-0.15, -0.1) is 0 Å². The number of rotatable bonds is 4. The van der Waals surface area contributed by atoms with Gasteiger partial charge in [0.2, 0.25) is 0 Å². The van der Waals surface area contributed by atoms with Crippen molar-refractivity contribution >= 4 is 5.97 Å². The van der Waals surface area contributed by atoms with Crippen LogP contribution in [-0.2, 0) is 14.3 Å². The van der Waals surface area contributed by atoms with Gasteiger partial charge in [-0.2, -0.15) is 0 Å². The van der Waals surface area contributed by atoms with E-state index in [0.29, 0.717) is 6.42 Å². The van der Waals surface area contributed by atoms with Crippen LogP contribution in [0.4, 0.5) is 0 Å². The number of carbonyl (C=O) groups excluding carboxylic acids is 1. The van der Waals surface area contributed by atoms with Crippen molar-refractivity contribution in [1.29, 1.82) is 0 Å². The van der Waals surface area contributed by atoms with Gasteiger partial charge in [0.15, 0.2) is 6.29 Å². The van der Waals surface area contributed by atoms with Crippen LogP contribution in [0.2, 0.25) is 0 Å². The van der Waals surface area contributed by atoms with Crippen LogP contribution in [-0.4, -0.2) is 29.6 Å². The molecule has 0 aromatic carbocycles. The second-order valence-corrected chi connectivity index (χ2v) is 8.09. The summed E-state index contributed by atoms with van der Waals surface area (Å²) in [5, 5.41) is 10.0. The van der Waals surface area contributed by atoms with Crippen LogP contribution >= 0.6 is 0 Å². The van der Waals surface area contributed by atoms with Gasteiger partial charge in [-0.1, -0.05) is 19.1 Å². The van der Waals surface area contributed by atoms with E-state index in [1.54, 1.807) is 0 Å². The smallest absolute Gasteiger partial charge is 0.311 e. The lowest BCUT2D eigenvalue weighted by molar-refractivity contribution is -0.200. The minimum absolute atomic E-state index is 0.0651. The van der Waals surface area contributed by atoms with Crippen LogP contribution in [0.5, 0.6) is 0 Å². The van der Waals surface area contributed by atoms with E-state index >= 15 is 0 Å². The minimum Gasteiger partial charge on any atom is -0.436 e. The van der Waals surface area contributed by atoms with Crippen LogP contribution in [0.15, 0.2) is 12.2 Å². The molecule has 122 valence electrons. The Morgan fingerprint density at radius 2 is 2.18 bits per heavy atom. The van der Waals surface area contributed by atoms with Crippen LogP contribution in [0.1, 0.15) is 46.0 Å². The van der Waals surface area contributed by atoms with Crippen LogP contribution < -0.4 is 0 Å². The van der Waals surface area contributed by atoms with Gasteiger partial charge >= 0.3 is 5.97 Å². The first kappa shape index (κ1) is 14.7. The van der Waals surface area contributed by atoms with Gasteiger partial charge in [0.05, 0.1) is 18.1 Å². The summed E-state index contributed by atoms with van der Waals surface area (Å²) in [5.74, 6) is 0.445. The second-order valence-electron chi connectivity index (χ2n) is 8.09. The predicted octanol–water partition coefficient (Wildman–Crippen LogP) is 2.65. The lowest BCUT2D eigenvalue weighted by atomic mass is 9.84. The fourth-order valence-electron chi connectivity index (χ4n) is 5.29. The number of esters is 1. The van der Waals surface area contributed by atoms with Crippen molar-refractivity contribution in [2.45, 2.75) is 64.4 Å². The Bertz CT molecular complexity index is 501. The quantitative estimate of drug-likeness (QED) is 0.493. The van der Waals surface area contributed by atoms with Crippen molar-refractivity contribution in [2.24, 2.45) is 29.1 Å². The summed E-state index contributed by atoms with van der Waals surface area (Å²) in [7, 11) is 0. The molecule has 0 aliphatic heterocycles. The molecular formula is C18H26O4. The van der Waals surface area contributed by atoms with Crippen LogP contribution in [0, 0.1) is 29.1 Å². The topological polar surface area (TPSA) is 55.8 Å². The van der Waals surface area contributed by atoms with Crippen molar-refractivity contribution in [3.8, 4) is 0 Å². The largest absolute Gasteiger partial charge is 0.436 e. The first-order valence-electron chi connectivity index (χ1n) is 8.68. The Morgan fingerprint density at radius 1 is 1.36 bits per heavy atom. The van der Waals surface area contributed by atoms with Gasteiger partial charge in [-0.3, -0.25) is 4.79 Å². The molecule has 0 radical (unpaired) electrons. The fourth-order valence-corrected chi connectivity index (χ4v) is 5.29. The van der Waals surface area contributed by atoms with Crippen molar-refractivity contribution in [2.75, 3.05) is 0 Å². The Hall–Kier alpha value is -0.870. The summed E-state index contributed by atoms with van der Waals surface area (Å²) >= 11 is 0. The highest BCUT2D eigenvalue weighted by Crippen LogP contribution is 2.55. The standard InChI is InChI=1S/C18H26O4/c1-10(21-15-7-11-5-6-18(15,2)9-11)22-17(20)14-8-12-3-4-13(14)16(12)19/h3-4,10-16,19H,5-9H2,1-2H3. The maximum atomic E-state index is 12.4. The SMILES string of the molecule is CC(OC(=O)C1CC2C=CC1C2O)OC1CC2CCC1(C)C2. The number of aliphatic hydroxyl groups is 1. The molecule has 1 N–H and O–H groups in total. The molecule has 22 heavy (non-hydrogen) atoms. The molecule has 0 saturated heterocycles. The molecule has 4 heteroatoms. The second kappa shape index (κ2) is 5.07.